The first kappa shape index (κ1) is 16.5. The third-order valence-electron chi connectivity index (χ3n) is 4.65. The zero-order chi connectivity index (χ0) is 16.9. The first-order valence-corrected chi connectivity index (χ1v) is 8.44. The Labute approximate surface area is 143 Å². The van der Waals surface area contributed by atoms with E-state index in [1.165, 1.54) is 11.1 Å². The smallest absolute Gasteiger partial charge is 0.224 e. The van der Waals surface area contributed by atoms with Gasteiger partial charge in [0.1, 0.15) is 5.75 Å². The minimum Gasteiger partial charge on any atom is -0.508 e. The van der Waals surface area contributed by atoms with Crippen LogP contribution in [0.15, 0.2) is 48.5 Å². The molecule has 1 saturated heterocycles. The van der Waals surface area contributed by atoms with Gasteiger partial charge in [-0.25, -0.2) is 0 Å². The molecule has 2 aromatic rings. The third kappa shape index (κ3) is 4.15. The van der Waals surface area contributed by atoms with Crippen LogP contribution in [0.25, 0.3) is 0 Å². The van der Waals surface area contributed by atoms with Crippen molar-refractivity contribution < 1.29 is 9.90 Å². The largest absolute Gasteiger partial charge is 0.508 e. The summed E-state index contributed by atoms with van der Waals surface area (Å²) in [6.45, 7) is 6.01. The van der Waals surface area contributed by atoms with Crippen molar-refractivity contribution in [3.63, 3.8) is 0 Å². The predicted molar refractivity (Wildman–Crippen MR) is 94.6 cm³/mol. The summed E-state index contributed by atoms with van der Waals surface area (Å²) in [6.07, 6.45) is 0.559. The molecule has 1 amide bonds. The molecule has 0 spiro atoms. The molecule has 2 aromatic carbocycles. The van der Waals surface area contributed by atoms with E-state index in [9.17, 15) is 9.90 Å². The van der Waals surface area contributed by atoms with Crippen LogP contribution in [-0.2, 0) is 17.9 Å². The lowest BCUT2D eigenvalue weighted by Gasteiger charge is -2.23. The molecule has 1 N–H and O–H groups in total. The van der Waals surface area contributed by atoms with Gasteiger partial charge in [0.25, 0.3) is 0 Å². The van der Waals surface area contributed by atoms with E-state index < -0.39 is 0 Å². The number of benzene rings is 2. The van der Waals surface area contributed by atoms with Gasteiger partial charge in [-0.2, -0.15) is 0 Å². The minimum atomic E-state index is 0.228. The summed E-state index contributed by atoms with van der Waals surface area (Å²) in [5.41, 5.74) is 3.61. The van der Waals surface area contributed by atoms with Crippen molar-refractivity contribution in [2.45, 2.75) is 26.4 Å². The van der Waals surface area contributed by atoms with Crippen molar-refractivity contribution in [1.82, 2.24) is 9.80 Å². The van der Waals surface area contributed by atoms with Gasteiger partial charge in [0, 0.05) is 39.1 Å². The average molecular weight is 324 g/mol. The van der Waals surface area contributed by atoms with Crippen LogP contribution >= 0.6 is 0 Å². The Kier molecular flexibility index (Phi) is 5.16. The van der Waals surface area contributed by atoms with Crippen molar-refractivity contribution in [2.75, 3.05) is 19.6 Å². The number of nitrogens with zero attached hydrogens (tertiary/aromatic N) is 2. The highest BCUT2D eigenvalue weighted by molar-refractivity contribution is 5.76. The normalized spacial score (nSPS) is 16.2. The summed E-state index contributed by atoms with van der Waals surface area (Å²) in [5, 5.41) is 9.37. The van der Waals surface area contributed by atoms with Crippen molar-refractivity contribution in [1.29, 1.82) is 0 Å². The maximum Gasteiger partial charge on any atom is 0.224 e. The molecule has 0 bridgehead atoms. The van der Waals surface area contributed by atoms with Crippen molar-refractivity contribution >= 4 is 5.91 Å². The minimum absolute atomic E-state index is 0.228. The van der Waals surface area contributed by atoms with Crippen LogP contribution in [0.4, 0.5) is 0 Å². The van der Waals surface area contributed by atoms with Crippen LogP contribution in [0.5, 0.6) is 5.75 Å². The number of hydrogen-bond acceptors (Lipinski definition) is 3. The van der Waals surface area contributed by atoms with Gasteiger partial charge < -0.3 is 10.0 Å². The second-order valence-corrected chi connectivity index (χ2v) is 6.43. The van der Waals surface area contributed by atoms with Crippen LogP contribution in [0, 0.1) is 6.92 Å². The molecule has 0 radical (unpaired) electrons. The summed E-state index contributed by atoms with van der Waals surface area (Å²) in [4.78, 5) is 16.7. The molecule has 24 heavy (non-hydrogen) atoms. The maximum absolute atomic E-state index is 12.4. The zero-order valence-corrected chi connectivity index (χ0v) is 14.1. The number of amides is 1. The Bertz CT molecular complexity index is 697. The van der Waals surface area contributed by atoms with Gasteiger partial charge in [0.2, 0.25) is 5.91 Å². The van der Waals surface area contributed by atoms with Crippen LogP contribution in [-0.4, -0.2) is 40.4 Å². The molecular weight excluding hydrogens is 300 g/mol. The molecule has 0 saturated carbocycles. The zero-order valence-electron chi connectivity index (χ0n) is 14.1. The molecule has 1 heterocycles. The van der Waals surface area contributed by atoms with Crippen molar-refractivity contribution in [2.24, 2.45) is 0 Å². The lowest BCUT2D eigenvalue weighted by Crippen LogP contribution is -2.32. The number of phenolic OH excluding ortho intramolecular Hbond substituents is 1. The lowest BCUT2D eigenvalue weighted by atomic mass is 10.1. The Morgan fingerprint density at radius 1 is 0.958 bits per heavy atom. The van der Waals surface area contributed by atoms with Gasteiger partial charge in [-0.3, -0.25) is 9.69 Å². The Balaban J connectivity index is 1.61. The topological polar surface area (TPSA) is 43.8 Å². The third-order valence-corrected chi connectivity index (χ3v) is 4.65. The second kappa shape index (κ2) is 7.49. The standard InChI is InChI=1S/C20H24N2O2/c1-16-4-2-3-5-18(16)15-22-13-12-21(11-10-20(22)24)14-17-6-8-19(23)9-7-17/h2-9,23H,10-15H2,1H3. The molecule has 0 aliphatic carbocycles. The van der Waals surface area contributed by atoms with Crippen molar-refractivity contribution in [3.8, 4) is 5.75 Å². The van der Waals surface area contributed by atoms with E-state index in [-0.39, 0.29) is 11.7 Å². The monoisotopic (exact) mass is 324 g/mol. The van der Waals surface area contributed by atoms with Gasteiger partial charge in [0.05, 0.1) is 0 Å². The van der Waals surface area contributed by atoms with Crippen LogP contribution in [0.1, 0.15) is 23.1 Å². The molecule has 1 aliphatic rings. The Morgan fingerprint density at radius 3 is 2.46 bits per heavy atom. The quantitative estimate of drug-likeness (QED) is 0.940. The lowest BCUT2D eigenvalue weighted by molar-refractivity contribution is -0.130. The van der Waals surface area contributed by atoms with Crippen LogP contribution in [0.2, 0.25) is 0 Å². The van der Waals surface area contributed by atoms with E-state index in [1.54, 1.807) is 12.1 Å². The molecule has 4 nitrogen and oxygen atoms in total. The predicted octanol–water partition coefficient (Wildman–Crippen LogP) is 2.94. The van der Waals surface area contributed by atoms with E-state index in [4.69, 9.17) is 0 Å². The fraction of sp³-hybridized carbons (Fsp3) is 0.350. The summed E-state index contributed by atoms with van der Waals surface area (Å²) < 4.78 is 0. The molecule has 1 aliphatic heterocycles. The number of carbonyl (C=O) groups is 1. The molecule has 0 unspecified atom stereocenters. The summed E-state index contributed by atoms with van der Waals surface area (Å²) in [6, 6.07) is 15.5. The molecule has 0 aromatic heterocycles. The summed E-state index contributed by atoms with van der Waals surface area (Å²) in [7, 11) is 0. The maximum atomic E-state index is 12.4. The number of aryl methyl sites for hydroxylation is 1. The van der Waals surface area contributed by atoms with Crippen molar-refractivity contribution in [3.05, 3.63) is 65.2 Å². The van der Waals surface area contributed by atoms with E-state index in [0.717, 1.165) is 31.7 Å². The molecule has 1 fully saturated rings. The molecule has 0 atom stereocenters. The molecular formula is C20H24N2O2. The summed E-state index contributed by atoms with van der Waals surface area (Å²) >= 11 is 0. The fourth-order valence-corrected chi connectivity index (χ4v) is 3.09. The summed E-state index contributed by atoms with van der Waals surface area (Å²) in [5.74, 6) is 0.514. The average Bonchev–Trinajstić information content (AvgIpc) is 2.75. The number of carbonyl (C=O) groups excluding carboxylic acids is 1. The van der Waals surface area contributed by atoms with Gasteiger partial charge in [-0.05, 0) is 35.7 Å². The Morgan fingerprint density at radius 2 is 1.71 bits per heavy atom. The van der Waals surface area contributed by atoms with Crippen LogP contribution < -0.4 is 0 Å². The van der Waals surface area contributed by atoms with E-state index >= 15 is 0 Å². The number of rotatable bonds is 4. The van der Waals surface area contributed by atoms with Gasteiger partial charge in [0.15, 0.2) is 0 Å². The first-order chi connectivity index (χ1) is 11.6. The molecule has 3 rings (SSSR count). The van der Waals surface area contributed by atoms with Gasteiger partial charge in [-0.1, -0.05) is 36.4 Å². The highest BCUT2D eigenvalue weighted by atomic mass is 16.3. The number of hydrogen-bond donors (Lipinski definition) is 1. The number of aromatic hydroxyl groups is 1. The molecule has 126 valence electrons. The highest BCUT2D eigenvalue weighted by Crippen LogP contribution is 2.16. The molecule has 4 heteroatoms. The Hall–Kier alpha value is -2.33. The SMILES string of the molecule is Cc1ccccc1CN1CCN(Cc2ccc(O)cc2)CCC1=O. The second-order valence-electron chi connectivity index (χ2n) is 6.43. The number of phenols is 1. The van der Waals surface area contributed by atoms with E-state index in [2.05, 4.69) is 24.0 Å². The first-order valence-electron chi connectivity index (χ1n) is 8.44. The van der Waals surface area contributed by atoms with E-state index in [1.807, 2.05) is 29.2 Å². The highest BCUT2D eigenvalue weighted by Gasteiger charge is 2.21. The fourth-order valence-electron chi connectivity index (χ4n) is 3.09. The van der Waals surface area contributed by atoms with Gasteiger partial charge >= 0.3 is 0 Å². The van der Waals surface area contributed by atoms with Crippen LogP contribution in [0.3, 0.4) is 0 Å². The van der Waals surface area contributed by atoms with E-state index in [0.29, 0.717) is 13.0 Å². The van der Waals surface area contributed by atoms with Gasteiger partial charge in [-0.15, -0.1) is 0 Å².